The van der Waals surface area contributed by atoms with Crippen molar-refractivity contribution >= 4 is 5.97 Å². The van der Waals surface area contributed by atoms with Crippen molar-refractivity contribution in [3.63, 3.8) is 0 Å². The second kappa shape index (κ2) is 4.55. The smallest absolute Gasteiger partial charge is 0.396 e. The van der Waals surface area contributed by atoms with E-state index in [0.717, 1.165) is 6.92 Å². The Hall–Kier alpha value is -1.52. The summed E-state index contributed by atoms with van der Waals surface area (Å²) in [7, 11) is 0. The van der Waals surface area contributed by atoms with Crippen molar-refractivity contribution in [2.24, 2.45) is 5.92 Å². The molecule has 0 aliphatic heterocycles. The van der Waals surface area contributed by atoms with Gasteiger partial charge < -0.3 is 5.11 Å². The van der Waals surface area contributed by atoms with E-state index in [-0.39, 0.29) is 5.56 Å². The van der Waals surface area contributed by atoms with Gasteiger partial charge in [-0.1, -0.05) is 37.3 Å². The fourth-order valence-corrected chi connectivity index (χ4v) is 1.56. The van der Waals surface area contributed by atoms with E-state index in [0.29, 0.717) is 0 Å². The molecule has 1 rings (SSSR count). The first kappa shape index (κ1) is 12.5. The van der Waals surface area contributed by atoms with Crippen LogP contribution in [0.3, 0.4) is 0 Å². The summed E-state index contributed by atoms with van der Waals surface area (Å²) >= 11 is 0. The van der Waals surface area contributed by atoms with Gasteiger partial charge >= 0.3 is 12.1 Å². The maximum atomic E-state index is 12.8. The largest absolute Gasteiger partial charge is 0.481 e. The Morgan fingerprint density at radius 3 is 2.12 bits per heavy atom. The Morgan fingerprint density at radius 1 is 1.25 bits per heavy atom. The molecule has 1 aromatic rings. The summed E-state index contributed by atoms with van der Waals surface area (Å²) in [6.45, 7) is 1.06. The van der Waals surface area contributed by atoms with Crippen molar-refractivity contribution in [1.29, 1.82) is 0 Å². The number of carbonyl (C=O) groups is 1. The van der Waals surface area contributed by atoms with Crippen LogP contribution in [0.25, 0.3) is 0 Å². The van der Waals surface area contributed by atoms with E-state index in [2.05, 4.69) is 0 Å². The Labute approximate surface area is 90.7 Å². The Kier molecular flexibility index (Phi) is 3.57. The summed E-state index contributed by atoms with van der Waals surface area (Å²) in [6.07, 6.45) is -4.56. The van der Waals surface area contributed by atoms with Crippen LogP contribution in [-0.2, 0) is 4.79 Å². The van der Waals surface area contributed by atoms with Crippen LogP contribution in [0.1, 0.15) is 18.4 Å². The minimum absolute atomic E-state index is 0.0232. The molecule has 0 amide bonds. The minimum Gasteiger partial charge on any atom is -0.481 e. The van der Waals surface area contributed by atoms with Gasteiger partial charge in [0.15, 0.2) is 0 Å². The topological polar surface area (TPSA) is 37.3 Å². The number of aliphatic carboxylic acids is 1. The van der Waals surface area contributed by atoms with Crippen molar-refractivity contribution in [2.75, 3.05) is 0 Å². The van der Waals surface area contributed by atoms with E-state index in [1.165, 1.54) is 24.3 Å². The second-order valence-corrected chi connectivity index (χ2v) is 3.56. The monoisotopic (exact) mass is 232 g/mol. The highest BCUT2D eigenvalue weighted by Crippen LogP contribution is 2.40. The summed E-state index contributed by atoms with van der Waals surface area (Å²) in [6, 6.07) is 7.09. The van der Waals surface area contributed by atoms with Crippen LogP contribution in [0.4, 0.5) is 13.2 Å². The van der Waals surface area contributed by atoms with E-state index in [1.54, 1.807) is 6.07 Å². The average molecular weight is 232 g/mol. The molecule has 0 fully saturated rings. The van der Waals surface area contributed by atoms with Gasteiger partial charge in [-0.05, 0) is 5.56 Å². The highest BCUT2D eigenvalue weighted by molar-refractivity contribution is 5.71. The highest BCUT2D eigenvalue weighted by atomic mass is 19.4. The molecule has 0 bridgehead atoms. The van der Waals surface area contributed by atoms with E-state index >= 15 is 0 Å². The van der Waals surface area contributed by atoms with Gasteiger partial charge in [0.05, 0.1) is 11.8 Å². The van der Waals surface area contributed by atoms with Crippen LogP contribution < -0.4 is 0 Å². The molecule has 0 spiro atoms. The fourth-order valence-electron chi connectivity index (χ4n) is 1.56. The van der Waals surface area contributed by atoms with Gasteiger partial charge in [-0.2, -0.15) is 13.2 Å². The van der Waals surface area contributed by atoms with E-state index < -0.39 is 24.0 Å². The van der Waals surface area contributed by atoms with Gasteiger partial charge in [-0.3, -0.25) is 4.79 Å². The van der Waals surface area contributed by atoms with E-state index in [1.807, 2.05) is 0 Å². The van der Waals surface area contributed by atoms with Gasteiger partial charge in [0.1, 0.15) is 0 Å². The lowest BCUT2D eigenvalue weighted by Gasteiger charge is -2.24. The van der Waals surface area contributed by atoms with Gasteiger partial charge in [0.25, 0.3) is 0 Å². The van der Waals surface area contributed by atoms with Crippen LogP contribution in [0.2, 0.25) is 0 Å². The molecule has 0 radical (unpaired) electrons. The van der Waals surface area contributed by atoms with Crippen molar-refractivity contribution in [3.05, 3.63) is 35.9 Å². The summed E-state index contributed by atoms with van der Waals surface area (Å²) in [5, 5.41) is 8.68. The summed E-state index contributed by atoms with van der Waals surface area (Å²) < 4.78 is 38.3. The number of rotatable bonds is 3. The molecule has 2 nitrogen and oxygen atoms in total. The maximum Gasteiger partial charge on any atom is 0.396 e. The third-order valence-electron chi connectivity index (χ3n) is 2.40. The van der Waals surface area contributed by atoms with Crippen molar-refractivity contribution < 1.29 is 23.1 Å². The fraction of sp³-hybridized carbons (Fsp3) is 0.364. The molecule has 0 saturated carbocycles. The van der Waals surface area contributed by atoms with Gasteiger partial charge in [0.2, 0.25) is 0 Å². The first-order valence-electron chi connectivity index (χ1n) is 4.68. The number of halogens is 3. The molecule has 0 aliphatic carbocycles. The highest BCUT2D eigenvalue weighted by Gasteiger charge is 2.46. The maximum absolute atomic E-state index is 12.8. The number of benzene rings is 1. The molecule has 5 heteroatoms. The summed E-state index contributed by atoms with van der Waals surface area (Å²) in [5.41, 5.74) is -0.0232. The number of carboxylic acids is 1. The molecule has 0 saturated heterocycles. The normalized spacial score (nSPS) is 15.5. The second-order valence-electron chi connectivity index (χ2n) is 3.56. The molecule has 0 heterocycles. The van der Waals surface area contributed by atoms with Crippen molar-refractivity contribution in [2.45, 2.75) is 19.0 Å². The molecule has 88 valence electrons. The minimum atomic E-state index is -4.56. The molecule has 0 aliphatic rings. The van der Waals surface area contributed by atoms with Gasteiger partial charge in [-0.25, -0.2) is 0 Å². The number of hydrogen-bond donors (Lipinski definition) is 1. The predicted molar refractivity (Wildman–Crippen MR) is 52.0 cm³/mol. The van der Waals surface area contributed by atoms with Crippen LogP contribution in [-0.4, -0.2) is 17.3 Å². The van der Waals surface area contributed by atoms with Crippen molar-refractivity contribution in [1.82, 2.24) is 0 Å². The first-order valence-corrected chi connectivity index (χ1v) is 4.68. The Bertz CT molecular complexity index is 359. The number of carboxylic acid groups (broad SMARTS) is 1. The number of hydrogen-bond acceptors (Lipinski definition) is 1. The zero-order chi connectivity index (χ0) is 12.3. The molecule has 1 aromatic carbocycles. The molecule has 0 unspecified atom stereocenters. The standard InChI is InChI=1S/C11H11F3O2/c1-7(10(15)16)9(11(12,13)14)8-5-3-2-4-6-8/h2-7,9H,1H3,(H,15,16)/t7-,9+/m0/s1. The number of alkyl halides is 3. The molecule has 2 atom stereocenters. The summed E-state index contributed by atoms with van der Waals surface area (Å²) in [4.78, 5) is 10.7. The lowest BCUT2D eigenvalue weighted by Crippen LogP contribution is -2.31. The third-order valence-corrected chi connectivity index (χ3v) is 2.40. The van der Waals surface area contributed by atoms with E-state index in [9.17, 15) is 18.0 Å². The first-order chi connectivity index (χ1) is 7.34. The quantitative estimate of drug-likeness (QED) is 0.869. The van der Waals surface area contributed by atoms with Gasteiger partial charge in [-0.15, -0.1) is 0 Å². The average Bonchev–Trinajstić information content (AvgIpc) is 2.17. The summed E-state index contributed by atoms with van der Waals surface area (Å²) in [5.74, 6) is -4.92. The lowest BCUT2D eigenvalue weighted by molar-refractivity contribution is -0.173. The zero-order valence-corrected chi connectivity index (χ0v) is 8.53. The van der Waals surface area contributed by atoms with Crippen molar-refractivity contribution in [3.8, 4) is 0 Å². The molecule has 1 N–H and O–H groups in total. The molecule has 16 heavy (non-hydrogen) atoms. The lowest BCUT2D eigenvalue weighted by atomic mass is 9.87. The van der Waals surface area contributed by atoms with E-state index in [4.69, 9.17) is 5.11 Å². The van der Waals surface area contributed by atoms with Crippen LogP contribution in [0.15, 0.2) is 30.3 Å². The van der Waals surface area contributed by atoms with Crippen LogP contribution in [0, 0.1) is 5.92 Å². The third kappa shape index (κ3) is 2.74. The molecular weight excluding hydrogens is 221 g/mol. The Balaban J connectivity index is 3.12. The molecular formula is C11H11F3O2. The Morgan fingerprint density at radius 2 is 1.75 bits per heavy atom. The predicted octanol–water partition coefficient (Wildman–Crippen LogP) is 3.05. The van der Waals surface area contributed by atoms with Crippen LogP contribution in [0.5, 0.6) is 0 Å². The zero-order valence-electron chi connectivity index (χ0n) is 8.53. The SMILES string of the molecule is C[C@H](C(=O)O)[C@H](c1ccccc1)C(F)(F)F. The van der Waals surface area contributed by atoms with Gasteiger partial charge in [0, 0.05) is 0 Å². The van der Waals surface area contributed by atoms with Crippen LogP contribution >= 0.6 is 0 Å². The molecule has 0 aromatic heterocycles.